The van der Waals surface area contributed by atoms with Gasteiger partial charge in [0, 0.05) is 13.1 Å². The molecule has 17 heavy (non-hydrogen) atoms. The van der Waals surface area contributed by atoms with E-state index in [2.05, 4.69) is 49.6 Å². The van der Waals surface area contributed by atoms with Gasteiger partial charge in [-0.15, -0.1) is 0 Å². The van der Waals surface area contributed by atoms with Crippen molar-refractivity contribution in [3.63, 3.8) is 0 Å². The summed E-state index contributed by atoms with van der Waals surface area (Å²) in [6, 6.07) is 6.38. The van der Waals surface area contributed by atoms with Crippen LogP contribution in [0.1, 0.15) is 36.6 Å². The molecule has 2 unspecified atom stereocenters. The van der Waals surface area contributed by atoms with E-state index in [9.17, 15) is 4.79 Å². The van der Waals surface area contributed by atoms with E-state index in [1.807, 2.05) is 6.92 Å². The van der Waals surface area contributed by atoms with Gasteiger partial charge in [0.05, 0.1) is 6.04 Å². The van der Waals surface area contributed by atoms with Crippen molar-refractivity contribution in [2.45, 2.75) is 39.8 Å². The number of hydrogen-bond acceptors (Lipinski definition) is 2. The number of rotatable bonds is 4. The fourth-order valence-corrected chi connectivity index (χ4v) is 1.80. The number of amides is 1. The fraction of sp³-hybridized carbons (Fsp3) is 0.500. The lowest BCUT2D eigenvalue weighted by Crippen LogP contribution is -2.41. The molecule has 0 aliphatic rings. The predicted molar refractivity (Wildman–Crippen MR) is 71.0 cm³/mol. The van der Waals surface area contributed by atoms with Crippen LogP contribution >= 0.6 is 0 Å². The second kappa shape index (κ2) is 5.82. The maximum atomic E-state index is 11.4. The molecule has 0 spiro atoms. The number of aryl methyl sites for hydroxylation is 2. The Hall–Kier alpha value is -1.35. The van der Waals surface area contributed by atoms with E-state index in [1.54, 1.807) is 7.05 Å². The Morgan fingerprint density at radius 3 is 2.35 bits per heavy atom. The number of hydrogen-bond donors (Lipinski definition) is 2. The fourth-order valence-electron chi connectivity index (χ4n) is 1.80. The van der Waals surface area contributed by atoms with Crippen LogP contribution in [0.4, 0.5) is 0 Å². The molecule has 2 atom stereocenters. The molecular weight excluding hydrogens is 212 g/mol. The van der Waals surface area contributed by atoms with Gasteiger partial charge in [-0.05, 0) is 44.4 Å². The molecule has 0 heterocycles. The van der Waals surface area contributed by atoms with Gasteiger partial charge >= 0.3 is 0 Å². The van der Waals surface area contributed by atoms with Crippen LogP contribution in [-0.4, -0.2) is 19.0 Å². The normalized spacial score (nSPS) is 14.2. The molecule has 0 radical (unpaired) electrons. The van der Waals surface area contributed by atoms with E-state index in [0.29, 0.717) is 0 Å². The molecule has 0 aliphatic carbocycles. The first kappa shape index (κ1) is 13.7. The Labute approximate surface area is 104 Å². The molecule has 0 saturated heterocycles. The lowest BCUT2D eigenvalue weighted by atomic mass is 10.0. The Bertz CT molecular complexity index is 401. The first-order valence-electron chi connectivity index (χ1n) is 6.00. The molecule has 2 N–H and O–H groups in total. The third-order valence-corrected chi connectivity index (χ3v) is 3.17. The Kier molecular flexibility index (Phi) is 4.70. The summed E-state index contributed by atoms with van der Waals surface area (Å²) in [6.07, 6.45) is 0. The molecule has 3 nitrogen and oxygen atoms in total. The van der Waals surface area contributed by atoms with Crippen molar-refractivity contribution in [1.82, 2.24) is 10.6 Å². The van der Waals surface area contributed by atoms with Crippen LogP contribution in [0.15, 0.2) is 18.2 Å². The van der Waals surface area contributed by atoms with Crippen LogP contribution in [0.3, 0.4) is 0 Å². The van der Waals surface area contributed by atoms with Crippen LogP contribution in [-0.2, 0) is 4.79 Å². The molecule has 1 aromatic rings. The molecule has 0 aromatic heterocycles. The van der Waals surface area contributed by atoms with Crippen molar-refractivity contribution >= 4 is 5.91 Å². The van der Waals surface area contributed by atoms with Gasteiger partial charge < -0.3 is 5.32 Å². The van der Waals surface area contributed by atoms with E-state index in [0.717, 1.165) is 0 Å². The van der Waals surface area contributed by atoms with E-state index < -0.39 is 0 Å². The van der Waals surface area contributed by atoms with Gasteiger partial charge in [-0.3, -0.25) is 10.1 Å². The SMILES string of the molecule is CNC(=O)C(C)NC(C)c1ccc(C)c(C)c1. The minimum Gasteiger partial charge on any atom is -0.358 e. The second-order valence-electron chi connectivity index (χ2n) is 4.57. The van der Waals surface area contributed by atoms with Gasteiger partial charge in [-0.1, -0.05) is 18.2 Å². The van der Waals surface area contributed by atoms with E-state index in [1.165, 1.54) is 16.7 Å². The van der Waals surface area contributed by atoms with Gasteiger partial charge in [0.25, 0.3) is 0 Å². The van der Waals surface area contributed by atoms with Crippen molar-refractivity contribution in [2.75, 3.05) is 7.05 Å². The maximum absolute atomic E-state index is 11.4. The average Bonchev–Trinajstić information content (AvgIpc) is 2.31. The van der Waals surface area contributed by atoms with Gasteiger partial charge in [-0.25, -0.2) is 0 Å². The van der Waals surface area contributed by atoms with Crippen LogP contribution in [0.5, 0.6) is 0 Å². The first-order chi connectivity index (χ1) is 7.95. The summed E-state index contributed by atoms with van der Waals surface area (Å²) in [4.78, 5) is 11.4. The number of nitrogens with one attached hydrogen (secondary N) is 2. The van der Waals surface area contributed by atoms with Crippen LogP contribution < -0.4 is 10.6 Å². The molecule has 1 rings (SSSR count). The summed E-state index contributed by atoms with van der Waals surface area (Å²) in [7, 11) is 1.65. The molecule has 1 amide bonds. The summed E-state index contributed by atoms with van der Waals surface area (Å²) in [5, 5.41) is 5.92. The highest BCUT2D eigenvalue weighted by Crippen LogP contribution is 2.17. The van der Waals surface area contributed by atoms with Crippen molar-refractivity contribution in [1.29, 1.82) is 0 Å². The Morgan fingerprint density at radius 2 is 1.82 bits per heavy atom. The van der Waals surface area contributed by atoms with Crippen LogP contribution in [0.25, 0.3) is 0 Å². The smallest absolute Gasteiger partial charge is 0.236 e. The molecule has 0 bridgehead atoms. The van der Waals surface area contributed by atoms with Crippen molar-refractivity contribution in [2.24, 2.45) is 0 Å². The van der Waals surface area contributed by atoms with Gasteiger partial charge in [-0.2, -0.15) is 0 Å². The number of likely N-dealkylation sites (N-methyl/N-ethyl adjacent to an activating group) is 1. The molecule has 1 aromatic carbocycles. The molecule has 3 heteroatoms. The highest BCUT2D eigenvalue weighted by molar-refractivity contribution is 5.80. The molecule has 0 aliphatic heterocycles. The number of carbonyl (C=O) groups excluding carboxylic acids is 1. The third-order valence-electron chi connectivity index (χ3n) is 3.17. The number of carbonyl (C=O) groups is 1. The zero-order valence-electron chi connectivity index (χ0n) is 11.3. The monoisotopic (exact) mass is 234 g/mol. The zero-order chi connectivity index (χ0) is 13.0. The maximum Gasteiger partial charge on any atom is 0.236 e. The Morgan fingerprint density at radius 1 is 1.18 bits per heavy atom. The Balaban J connectivity index is 2.72. The van der Waals surface area contributed by atoms with E-state index in [4.69, 9.17) is 0 Å². The zero-order valence-corrected chi connectivity index (χ0v) is 11.3. The topological polar surface area (TPSA) is 41.1 Å². The summed E-state index contributed by atoms with van der Waals surface area (Å²) in [5.41, 5.74) is 3.79. The summed E-state index contributed by atoms with van der Waals surface area (Å²) < 4.78 is 0. The molecular formula is C14H22N2O. The van der Waals surface area contributed by atoms with Gasteiger partial charge in [0.2, 0.25) is 5.91 Å². The van der Waals surface area contributed by atoms with Crippen LogP contribution in [0, 0.1) is 13.8 Å². The first-order valence-corrected chi connectivity index (χ1v) is 6.00. The average molecular weight is 234 g/mol. The molecule has 0 fully saturated rings. The van der Waals surface area contributed by atoms with E-state index in [-0.39, 0.29) is 18.0 Å². The summed E-state index contributed by atoms with van der Waals surface area (Å²) in [5.74, 6) is 0.0145. The lowest BCUT2D eigenvalue weighted by Gasteiger charge is -2.20. The number of benzene rings is 1. The van der Waals surface area contributed by atoms with Crippen LogP contribution in [0.2, 0.25) is 0 Å². The highest BCUT2D eigenvalue weighted by atomic mass is 16.2. The summed E-state index contributed by atoms with van der Waals surface area (Å²) >= 11 is 0. The van der Waals surface area contributed by atoms with Gasteiger partial charge in [0.1, 0.15) is 0 Å². The minimum absolute atomic E-state index is 0.0145. The van der Waals surface area contributed by atoms with E-state index >= 15 is 0 Å². The lowest BCUT2D eigenvalue weighted by molar-refractivity contribution is -0.122. The van der Waals surface area contributed by atoms with Crippen molar-refractivity contribution in [3.8, 4) is 0 Å². The third kappa shape index (κ3) is 3.56. The van der Waals surface area contributed by atoms with Gasteiger partial charge in [0.15, 0.2) is 0 Å². The quantitative estimate of drug-likeness (QED) is 0.837. The molecule has 0 saturated carbocycles. The second-order valence-corrected chi connectivity index (χ2v) is 4.57. The van der Waals surface area contributed by atoms with Crippen molar-refractivity contribution in [3.05, 3.63) is 34.9 Å². The molecule has 94 valence electrons. The predicted octanol–water partition coefficient (Wildman–Crippen LogP) is 2.09. The standard InChI is InChI=1S/C14H22N2O/c1-9-6-7-13(8-10(9)2)11(3)16-12(4)14(17)15-5/h6-8,11-12,16H,1-5H3,(H,15,17). The largest absolute Gasteiger partial charge is 0.358 e. The highest BCUT2D eigenvalue weighted by Gasteiger charge is 2.14. The minimum atomic E-state index is -0.184. The van der Waals surface area contributed by atoms with Crippen molar-refractivity contribution < 1.29 is 4.79 Å². The summed E-state index contributed by atoms with van der Waals surface area (Å²) in [6.45, 7) is 8.15.